The minimum atomic E-state index is -3.58. The number of benzene rings is 2. The van der Waals surface area contributed by atoms with Gasteiger partial charge in [-0.05, 0) is 35.9 Å². The highest BCUT2D eigenvalue weighted by Crippen LogP contribution is 2.25. The molecule has 12 heteroatoms. The van der Waals surface area contributed by atoms with Gasteiger partial charge in [-0.2, -0.15) is 14.6 Å². The average molecular weight is 529 g/mol. The number of ether oxygens (including phenoxy) is 3. The van der Waals surface area contributed by atoms with E-state index in [4.69, 9.17) is 14.2 Å². The van der Waals surface area contributed by atoms with E-state index in [1.807, 2.05) is 30.3 Å². The van der Waals surface area contributed by atoms with E-state index in [-0.39, 0.29) is 21.6 Å². The molecule has 0 aliphatic rings. The summed E-state index contributed by atoms with van der Waals surface area (Å²) in [6, 6.07) is 16.1. The van der Waals surface area contributed by atoms with E-state index in [0.717, 1.165) is 11.5 Å². The van der Waals surface area contributed by atoms with Crippen LogP contribution in [0.15, 0.2) is 59.3 Å². The molecule has 3 rings (SSSR count). The van der Waals surface area contributed by atoms with Crippen molar-refractivity contribution in [3.63, 3.8) is 0 Å². The fourth-order valence-electron chi connectivity index (χ4n) is 2.83. The number of methoxy groups -OCH3 is 1. The summed E-state index contributed by atoms with van der Waals surface area (Å²) in [5.41, 5.74) is 0.437. The van der Waals surface area contributed by atoms with Crippen LogP contribution in [-0.2, 0) is 14.6 Å². The van der Waals surface area contributed by atoms with Crippen molar-refractivity contribution in [3.8, 4) is 23.3 Å². The van der Waals surface area contributed by atoms with Crippen molar-refractivity contribution in [2.24, 2.45) is 0 Å². The van der Waals surface area contributed by atoms with Gasteiger partial charge in [-0.1, -0.05) is 31.2 Å². The molecule has 0 fully saturated rings. The van der Waals surface area contributed by atoms with E-state index >= 15 is 0 Å². The first-order valence-electron chi connectivity index (χ1n) is 10.8. The monoisotopic (exact) mass is 528 g/mol. The van der Waals surface area contributed by atoms with Gasteiger partial charge in [0, 0.05) is 18.0 Å². The summed E-state index contributed by atoms with van der Waals surface area (Å²) in [6.07, 6.45) is 2.07. The predicted octanol–water partition coefficient (Wildman–Crippen LogP) is 3.73. The van der Waals surface area contributed by atoms with E-state index in [9.17, 15) is 18.5 Å². The van der Waals surface area contributed by atoms with E-state index in [2.05, 4.69) is 14.7 Å². The van der Waals surface area contributed by atoms with Gasteiger partial charge in [0.2, 0.25) is 15.0 Å². The molecule has 2 aromatic carbocycles. The normalized spacial score (nSPS) is 11.4. The molecule has 0 bridgehead atoms. The van der Waals surface area contributed by atoms with Gasteiger partial charge in [0.1, 0.15) is 17.4 Å². The predicted molar refractivity (Wildman–Crippen MR) is 135 cm³/mol. The summed E-state index contributed by atoms with van der Waals surface area (Å²) in [5, 5.41) is 11.4. The second-order valence-corrected chi connectivity index (χ2v) is 10.1. The molecule has 1 N–H and O–H groups in total. The Morgan fingerprint density at radius 1 is 1.11 bits per heavy atom. The topological polar surface area (TPSA) is 140 Å². The third-order valence-corrected chi connectivity index (χ3v) is 6.97. The van der Waals surface area contributed by atoms with Crippen LogP contribution >= 0.6 is 11.5 Å². The Morgan fingerprint density at radius 3 is 2.47 bits per heavy atom. The van der Waals surface area contributed by atoms with Crippen molar-refractivity contribution in [1.29, 1.82) is 5.26 Å². The van der Waals surface area contributed by atoms with Crippen LogP contribution < -0.4 is 19.5 Å². The second kappa shape index (κ2) is 12.7. The molecule has 10 nitrogen and oxygen atoms in total. The molecule has 0 saturated carbocycles. The fraction of sp³-hybridized carbons (Fsp3) is 0.250. The Morgan fingerprint density at radius 2 is 1.81 bits per heavy atom. The number of hydrogen-bond donors (Lipinski definition) is 1. The second-order valence-electron chi connectivity index (χ2n) is 7.18. The summed E-state index contributed by atoms with van der Waals surface area (Å²) >= 11 is 0.727. The minimum absolute atomic E-state index is 0.00777. The summed E-state index contributed by atoms with van der Waals surface area (Å²) < 4.78 is 44.1. The van der Waals surface area contributed by atoms with E-state index < -0.39 is 15.7 Å². The molecule has 36 heavy (non-hydrogen) atoms. The molecule has 0 spiro atoms. The summed E-state index contributed by atoms with van der Waals surface area (Å²) in [4.78, 5) is 16.2. The maximum atomic E-state index is 12.4. The summed E-state index contributed by atoms with van der Waals surface area (Å²) in [7, 11) is -1.99. The van der Waals surface area contributed by atoms with Crippen molar-refractivity contribution < 1.29 is 27.4 Å². The van der Waals surface area contributed by atoms with Crippen LogP contribution in [0.2, 0.25) is 0 Å². The van der Waals surface area contributed by atoms with Gasteiger partial charge in [-0.15, -0.1) is 0 Å². The van der Waals surface area contributed by atoms with Gasteiger partial charge in [0.05, 0.1) is 26.1 Å². The molecule has 0 unspecified atom stereocenters. The van der Waals surface area contributed by atoms with Gasteiger partial charge in [-0.3, -0.25) is 10.1 Å². The molecule has 0 aliphatic heterocycles. The Kier molecular flexibility index (Phi) is 9.38. The number of sulfone groups is 1. The number of anilines is 1. The van der Waals surface area contributed by atoms with E-state index in [0.29, 0.717) is 42.4 Å². The molecule has 0 aliphatic carbocycles. The van der Waals surface area contributed by atoms with Gasteiger partial charge >= 0.3 is 0 Å². The maximum absolute atomic E-state index is 12.4. The quantitative estimate of drug-likeness (QED) is 0.211. The lowest BCUT2D eigenvalue weighted by atomic mass is 10.1. The Bertz CT molecular complexity index is 1360. The van der Waals surface area contributed by atoms with Crippen LogP contribution in [0.1, 0.15) is 18.9 Å². The number of nitriles is 1. The molecule has 1 heterocycles. The fourth-order valence-corrected chi connectivity index (χ4v) is 4.41. The van der Waals surface area contributed by atoms with Crippen LogP contribution in [0.3, 0.4) is 0 Å². The lowest BCUT2D eigenvalue weighted by Gasteiger charge is -2.11. The van der Waals surface area contributed by atoms with Crippen molar-refractivity contribution in [2.45, 2.75) is 18.5 Å². The minimum Gasteiger partial charge on any atom is -0.493 e. The number of rotatable bonds is 12. The summed E-state index contributed by atoms with van der Waals surface area (Å²) in [6.45, 7) is 2.37. The van der Waals surface area contributed by atoms with E-state index in [1.165, 1.54) is 13.0 Å². The average Bonchev–Trinajstić information content (AvgIpc) is 3.37. The lowest BCUT2D eigenvalue weighted by molar-refractivity contribution is -0.112. The van der Waals surface area contributed by atoms with Crippen molar-refractivity contribution in [3.05, 3.63) is 59.7 Å². The first-order chi connectivity index (χ1) is 17.4. The third-order valence-electron chi connectivity index (χ3n) is 4.73. The van der Waals surface area contributed by atoms with E-state index in [1.54, 1.807) is 31.4 Å². The van der Waals surface area contributed by atoms with Crippen LogP contribution in [0, 0.1) is 11.3 Å². The zero-order valence-electron chi connectivity index (χ0n) is 19.6. The van der Waals surface area contributed by atoms with Crippen molar-refractivity contribution >= 4 is 38.5 Å². The van der Waals surface area contributed by atoms with Gasteiger partial charge in [0.25, 0.3) is 11.1 Å². The lowest BCUT2D eigenvalue weighted by Crippen LogP contribution is -2.13. The largest absolute Gasteiger partial charge is 0.493 e. The molecular formula is C24H24N4O6S2. The Labute approximate surface area is 213 Å². The molecule has 1 aromatic heterocycles. The Balaban J connectivity index is 1.51. The molecular weight excluding hydrogens is 504 g/mol. The van der Waals surface area contributed by atoms with Crippen molar-refractivity contribution in [1.82, 2.24) is 9.36 Å². The van der Waals surface area contributed by atoms with Crippen molar-refractivity contribution in [2.75, 3.05) is 31.4 Å². The molecule has 0 atom stereocenters. The summed E-state index contributed by atoms with van der Waals surface area (Å²) in [5.74, 6) is 1.10. The number of carbonyl (C=O) groups excluding carboxylic acids is 1. The van der Waals surface area contributed by atoms with Gasteiger partial charge in [0.15, 0.2) is 11.5 Å². The number of nitrogens with zero attached hydrogens (tertiary/aromatic N) is 3. The van der Waals surface area contributed by atoms with Gasteiger partial charge < -0.3 is 14.2 Å². The molecule has 3 aromatic rings. The number of carbonyl (C=O) groups is 1. The number of amides is 1. The zero-order valence-corrected chi connectivity index (χ0v) is 21.3. The first kappa shape index (κ1) is 26.7. The highest BCUT2D eigenvalue weighted by Gasteiger charge is 2.20. The number of aromatic nitrogens is 2. The SMILES string of the molecule is CCS(=O)(=O)c1nsc(NC(=O)/C(C#N)=C\c2ccc(OCCCOc3ccccc3OC)cc2)n1. The van der Waals surface area contributed by atoms with Crippen LogP contribution in [0.25, 0.3) is 6.08 Å². The smallest absolute Gasteiger partial charge is 0.268 e. The number of hydrogen-bond acceptors (Lipinski definition) is 10. The highest BCUT2D eigenvalue weighted by atomic mass is 32.2. The molecule has 1 amide bonds. The van der Waals surface area contributed by atoms with Crippen LogP contribution in [0.4, 0.5) is 5.13 Å². The molecule has 188 valence electrons. The third kappa shape index (κ3) is 7.27. The Hall–Kier alpha value is -3.95. The standard InChI is InChI=1S/C24H24N4O6S2/c1-3-36(30,31)24-27-23(35-28-24)26-22(29)18(16-25)15-17-9-11-19(12-10-17)33-13-6-14-34-21-8-5-4-7-20(21)32-2/h4-5,7-12,15H,3,6,13-14H2,1-2H3,(H,26,27,28,29)/b18-15-. The molecule has 0 radical (unpaired) electrons. The van der Waals surface area contributed by atoms with Crippen LogP contribution in [-0.4, -0.2) is 49.8 Å². The first-order valence-corrected chi connectivity index (χ1v) is 13.3. The van der Waals surface area contributed by atoms with Crippen LogP contribution in [0.5, 0.6) is 17.2 Å². The zero-order chi connectivity index (χ0) is 26.0. The number of para-hydroxylation sites is 2. The number of nitrogens with one attached hydrogen (secondary N) is 1. The van der Waals surface area contributed by atoms with Gasteiger partial charge in [-0.25, -0.2) is 8.42 Å². The molecule has 0 saturated heterocycles. The maximum Gasteiger partial charge on any atom is 0.268 e. The highest BCUT2D eigenvalue weighted by molar-refractivity contribution is 7.91.